The largest absolute Gasteiger partial charge is 0.455 e. The first-order valence-corrected chi connectivity index (χ1v) is 12.8. The monoisotopic (exact) mass is 486 g/mol. The Balaban J connectivity index is 1.34. The number of aryl methyl sites for hydroxylation is 1. The zero-order valence-electron chi connectivity index (χ0n) is 20.8. The van der Waals surface area contributed by atoms with Crippen molar-refractivity contribution in [2.24, 2.45) is 0 Å². The van der Waals surface area contributed by atoms with Crippen LogP contribution >= 0.6 is 0 Å². The number of benzene rings is 6. The fourth-order valence-corrected chi connectivity index (χ4v) is 5.78. The van der Waals surface area contributed by atoms with Crippen molar-refractivity contribution in [3.63, 3.8) is 0 Å². The molecule has 8 aromatic rings. The Hall–Kier alpha value is -5.02. The zero-order chi connectivity index (χ0) is 25.2. The van der Waals surface area contributed by atoms with Crippen LogP contribution in [0, 0.1) is 6.92 Å². The number of aromatic nitrogens is 2. The lowest BCUT2D eigenvalue weighted by molar-refractivity contribution is 0.670. The third-order valence-corrected chi connectivity index (χ3v) is 7.55. The normalized spacial score (nSPS) is 11.8. The number of fused-ring (bicyclic) bond motifs is 9. The zero-order valence-corrected chi connectivity index (χ0v) is 20.8. The summed E-state index contributed by atoms with van der Waals surface area (Å²) in [6, 6.07) is 38.5. The van der Waals surface area contributed by atoms with Gasteiger partial charge in [-0.15, -0.1) is 0 Å². The summed E-state index contributed by atoms with van der Waals surface area (Å²) in [6.45, 7) is 1.99. The molecule has 178 valence electrons. The van der Waals surface area contributed by atoms with Gasteiger partial charge in [-0.05, 0) is 52.6 Å². The van der Waals surface area contributed by atoms with E-state index >= 15 is 0 Å². The number of rotatable bonds is 2. The third kappa shape index (κ3) is 3.09. The Morgan fingerprint density at radius 3 is 2.16 bits per heavy atom. The molecule has 0 amide bonds. The first kappa shape index (κ1) is 21.1. The molecule has 0 saturated carbocycles. The van der Waals surface area contributed by atoms with Crippen molar-refractivity contribution >= 4 is 54.5 Å². The summed E-state index contributed by atoms with van der Waals surface area (Å²) in [5.41, 5.74) is 9.24. The van der Waals surface area contributed by atoms with Gasteiger partial charge in [0.15, 0.2) is 0 Å². The van der Waals surface area contributed by atoms with E-state index in [2.05, 4.69) is 97.1 Å². The van der Waals surface area contributed by atoms with Gasteiger partial charge in [0.05, 0.1) is 16.7 Å². The molecule has 0 bridgehead atoms. The number of nitrogens with zero attached hydrogens (tertiary/aromatic N) is 2. The van der Waals surface area contributed by atoms with Crippen LogP contribution in [0.2, 0.25) is 0 Å². The Labute approximate surface area is 219 Å². The predicted molar refractivity (Wildman–Crippen MR) is 157 cm³/mol. The highest BCUT2D eigenvalue weighted by Gasteiger charge is 2.14. The van der Waals surface area contributed by atoms with Crippen molar-refractivity contribution in [2.45, 2.75) is 6.92 Å². The van der Waals surface area contributed by atoms with Crippen LogP contribution in [0.3, 0.4) is 0 Å². The van der Waals surface area contributed by atoms with Crippen LogP contribution in [0.25, 0.3) is 76.8 Å². The van der Waals surface area contributed by atoms with Crippen molar-refractivity contribution in [1.82, 2.24) is 9.97 Å². The van der Waals surface area contributed by atoms with Crippen LogP contribution in [0.5, 0.6) is 0 Å². The summed E-state index contributed by atoms with van der Waals surface area (Å²) < 4.78 is 6.33. The summed E-state index contributed by atoms with van der Waals surface area (Å²) in [4.78, 5) is 9.64. The molecule has 0 unspecified atom stereocenters. The Morgan fingerprint density at radius 1 is 0.526 bits per heavy atom. The van der Waals surface area contributed by atoms with E-state index in [0.29, 0.717) is 0 Å². The van der Waals surface area contributed by atoms with Crippen LogP contribution in [0.4, 0.5) is 0 Å². The van der Waals surface area contributed by atoms with Crippen molar-refractivity contribution in [2.75, 3.05) is 0 Å². The standard InChI is InChI=1S/C35H22N2O/c1-21-20-36-33-29-17-16-23(19-31(29)26-10-2-3-12-28(26)34(33)37-21)22-8-6-9-24(18-22)25-13-7-14-30-27-11-4-5-15-32(27)38-35(25)30/h2-20H,1H3. The second kappa shape index (κ2) is 7.99. The highest BCUT2D eigenvalue weighted by Crippen LogP contribution is 2.39. The van der Waals surface area contributed by atoms with Gasteiger partial charge in [-0.25, -0.2) is 4.98 Å². The van der Waals surface area contributed by atoms with E-state index in [1.54, 1.807) is 0 Å². The second-order valence-electron chi connectivity index (χ2n) is 9.88. The van der Waals surface area contributed by atoms with Crippen molar-refractivity contribution < 1.29 is 4.42 Å². The van der Waals surface area contributed by atoms with Crippen LogP contribution < -0.4 is 0 Å². The molecular weight excluding hydrogens is 464 g/mol. The van der Waals surface area contributed by atoms with Gasteiger partial charge in [-0.1, -0.05) is 91.0 Å². The lowest BCUT2D eigenvalue weighted by atomic mass is 9.94. The SMILES string of the molecule is Cc1cnc2c3ccc(-c4cccc(-c5cccc6c5oc5ccccc56)c4)cc3c3ccccc3c2n1. The molecule has 0 atom stereocenters. The van der Waals surface area contributed by atoms with E-state index < -0.39 is 0 Å². The number of hydrogen-bond acceptors (Lipinski definition) is 3. The summed E-state index contributed by atoms with van der Waals surface area (Å²) in [5, 5.41) is 6.93. The summed E-state index contributed by atoms with van der Waals surface area (Å²) >= 11 is 0. The Morgan fingerprint density at radius 2 is 1.24 bits per heavy atom. The van der Waals surface area contributed by atoms with Crippen molar-refractivity contribution in [3.05, 3.63) is 121 Å². The summed E-state index contributed by atoms with van der Waals surface area (Å²) in [6.07, 6.45) is 1.85. The van der Waals surface area contributed by atoms with E-state index in [9.17, 15) is 0 Å². The number of hydrogen-bond donors (Lipinski definition) is 0. The van der Waals surface area contributed by atoms with Crippen LogP contribution in [-0.2, 0) is 0 Å². The fraction of sp³-hybridized carbons (Fsp3) is 0.0286. The molecule has 3 heteroatoms. The van der Waals surface area contributed by atoms with Gasteiger partial charge in [0.25, 0.3) is 0 Å². The van der Waals surface area contributed by atoms with Gasteiger partial charge < -0.3 is 4.42 Å². The van der Waals surface area contributed by atoms with E-state index in [4.69, 9.17) is 14.4 Å². The second-order valence-corrected chi connectivity index (χ2v) is 9.88. The molecule has 6 aromatic carbocycles. The molecule has 38 heavy (non-hydrogen) atoms. The maximum atomic E-state index is 6.33. The van der Waals surface area contributed by atoms with Gasteiger partial charge in [0.1, 0.15) is 11.2 Å². The quantitative estimate of drug-likeness (QED) is 0.228. The first-order valence-electron chi connectivity index (χ1n) is 12.8. The molecule has 2 aromatic heterocycles. The highest BCUT2D eigenvalue weighted by atomic mass is 16.3. The van der Waals surface area contributed by atoms with Gasteiger partial charge in [0, 0.05) is 33.3 Å². The number of furan rings is 1. The first-order chi connectivity index (χ1) is 18.7. The Bertz CT molecular complexity index is 2190. The molecule has 0 saturated heterocycles. The molecule has 0 fully saturated rings. The topological polar surface area (TPSA) is 38.9 Å². The smallest absolute Gasteiger partial charge is 0.143 e. The molecule has 0 aliphatic heterocycles. The molecule has 0 aliphatic carbocycles. The average molecular weight is 487 g/mol. The highest BCUT2D eigenvalue weighted by molar-refractivity contribution is 6.23. The molecule has 3 nitrogen and oxygen atoms in total. The molecule has 0 radical (unpaired) electrons. The van der Waals surface area contributed by atoms with Gasteiger partial charge in [0.2, 0.25) is 0 Å². The minimum Gasteiger partial charge on any atom is -0.455 e. The minimum atomic E-state index is 0.915. The number of para-hydroxylation sites is 2. The van der Waals surface area contributed by atoms with Crippen molar-refractivity contribution in [3.8, 4) is 22.3 Å². The van der Waals surface area contributed by atoms with Crippen LogP contribution in [0.15, 0.2) is 120 Å². The van der Waals surface area contributed by atoms with E-state index in [1.807, 2.05) is 25.3 Å². The van der Waals surface area contributed by atoms with E-state index in [-0.39, 0.29) is 0 Å². The van der Waals surface area contributed by atoms with Gasteiger partial charge in [-0.3, -0.25) is 4.98 Å². The maximum absolute atomic E-state index is 6.33. The molecular formula is C35H22N2O. The molecule has 2 heterocycles. The summed E-state index contributed by atoms with van der Waals surface area (Å²) in [7, 11) is 0. The molecule has 0 spiro atoms. The fourth-order valence-electron chi connectivity index (χ4n) is 5.78. The maximum Gasteiger partial charge on any atom is 0.143 e. The Kier molecular flexibility index (Phi) is 4.44. The van der Waals surface area contributed by atoms with Crippen LogP contribution in [0.1, 0.15) is 5.69 Å². The van der Waals surface area contributed by atoms with Crippen molar-refractivity contribution in [1.29, 1.82) is 0 Å². The lowest BCUT2D eigenvalue weighted by Gasteiger charge is -2.12. The van der Waals surface area contributed by atoms with Gasteiger partial charge in [-0.2, -0.15) is 0 Å². The predicted octanol–water partition coefficient (Wildman–Crippen LogP) is 9.48. The summed E-state index contributed by atoms with van der Waals surface area (Å²) in [5.74, 6) is 0. The molecule has 0 aliphatic rings. The molecule has 8 rings (SSSR count). The minimum absolute atomic E-state index is 0.915. The lowest BCUT2D eigenvalue weighted by Crippen LogP contribution is -1.91. The average Bonchev–Trinajstić information content (AvgIpc) is 3.36. The van der Waals surface area contributed by atoms with E-state index in [1.165, 1.54) is 16.3 Å². The van der Waals surface area contributed by atoms with Gasteiger partial charge >= 0.3 is 0 Å². The van der Waals surface area contributed by atoms with Crippen LogP contribution in [-0.4, -0.2) is 9.97 Å². The van der Waals surface area contributed by atoms with E-state index in [0.717, 1.165) is 66.1 Å². The molecule has 0 N–H and O–H groups in total. The third-order valence-electron chi connectivity index (χ3n) is 7.55.